The number of thioether (sulfide) groups is 1. The van der Waals surface area contributed by atoms with Gasteiger partial charge in [-0.15, -0.1) is 0 Å². The molecule has 0 aliphatic rings. The fraction of sp³-hybridized carbons (Fsp3) is 0.417. The number of carbonyl (C=O) groups excluding carboxylic acids is 1. The topological polar surface area (TPSA) is 63.0 Å². The van der Waals surface area contributed by atoms with Crippen LogP contribution in [0.25, 0.3) is 0 Å². The van der Waals surface area contributed by atoms with Crippen LogP contribution >= 0.6 is 11.8 Å². The molecule has 0 bridgehead atoms. The molecule has 0 aliphatic heterocycles. The van der Waals surface area contributed by atoms with Crippen LogP contribution in [0.3, 0.4) is 0 Å². The van der Waals surface area contributed by atoms with Crippen molar-refractivity contribution in [2.24, 2.45) is 0 Å². The molecule has 1 unspecified atom stereocenters. The van der Waals surface area contributed by atoms with Gasteiger partial charge in [0.05, 0.1) is 11.6 Å². The summed E-state index contributed by atoms with van der Waals surface area (Å²) < 4.78 is 4.97. The number of aromatic nitrogens is 1. The maximum atomic E-state index is 11.6. The molecule has 0 saturated carbocycles. The molecule has 1 rings (SSSR count). The van der Waals surface area contributed by atoms with Gasteiger partial charge in [-0.1, -0.05) is 24.8 Å². The van der Waals surface area contributed by atoms with Crippen LogP contribution in [0.5, 0.6) is 0 Å². The number of ether oxygens (including phenoxy) is 1. The van der Waals surface area contributed by atoms with Gasteiger partial charge in [-0.2, -0.15) is 5.26 Å². The first-order valence-corrected chi connectivity index (χ1v) is 6.29. The van der Waals surface area contributed by atoms with Crippen LogP contribution in [0, 0.1) is 11.3 Å². The highest BCUT2D eigenvalue weighted by Gasteiger charge is 2.19. The summed E-state index contributed by atoms with van der Waals surface area (Å²) in [5.41, 5.74) is 0.355. The highest BCUT2D eigenvalue weighted by molar-refractivity contribution is 8.00. The lowest BCUT2D eigenvalue weighted by Crippen LogP contribution is -2.19. The van der Waals surface area contributed by atoms with Gasteiger partial charge in [-0.3, -0.25) is 4.79 Å². The predicted molar refractivity (Wildman–Crippen MR) is 65.5 cm³/mol. The number of hydrogen-bond acceptors (Lipinski definition) is 5. The van der Waals surface area contributed by atoms with Gasteiger partial charge < -0.3 is 4.74 Å². The lowest BCUT2D eigenvalue weighted by Gasteiger charge is -2.12. The van der Waals surface area contributed by atoms with Gasteiger partial charge in [0.2, 0.25) is 0 Å². The Morgan fingerprint density at radius 1 is 1.59 bits per heavy atom. The first-order chi connectivity index (χ1) is 8.21. The van der Waals surface area contributed by atoms with Crippen molar-refractivity contribution in [3.63, 3.8) is 0 Å². The Hall–Kier alpha value is -1.54. The van der Waals surface area contributed by atoms with E-state index in [1.165, 1.54) is 11.8 Å². The van der Waals surface area contributed by atoms with Crippen molar-refractivity contribution in [3.8, 4) is 6.07 Å². The van der Waals surface area contributed by atoms with Crippen LogP contribution in [0.1, 0.15) is 26.0 Å². The highest BCUT2D eigenvalue weighted by Crippen LogP contribution is 2.24. The lowest BCUT2D eigenvalue weighted by molar-refractivity contribution is -0.142. The number of nitriles is 1. The minimum atomic E-state index is -0.267. The first kappa shape index (κ1) is 13.5. The summed E-state index contributed by atoms with van der Waals surface area (Å²) >= 11 is 1.33. The quantitative estimate of drug-likeness (QED) is 0.593. The standard InChI is InChI=1S/C12H14N2O2S/c1-3-10(12(15)16-4-2)17-11-7-5-6-9(8-13)14-11/h5-7,10H,3-4H2,1-2H3. The third kappa shape index (κ3) is 4.08. The van der Waals surface area contributed by atoms with E-state index in [2.05, 4.69) is 4.98 Å². The van der Waals surface area contributed by atoms with E-state index < -0.39 is 0 Å². The van der Waals surface area contributed by atoms with Crippen LogP contribution in [0.4, 0.5) is 0 Å². The zero-order valence-electron chi connectivity index (χ0n) is 9.84. The van der Waals surface area contributed by atoms with Crippen LogP contribution in [-0.2, 0) is 9.53 Å². The van der Waals surface area contributed by atoms with Crippen molar-refractivity contribution in [1.29, 1.82) is 5.26 Å². The minimum Gasteiger partial charge on any atom is -0.465 e. The molecular weight excluding hydrogens is 236 g/mol. The van der Waals surface area contributed by atoms with E-state index >= 15 is 0 Å². The molecule has 0 N–H and O–H groups in total. The molecule has 1 aromatic rings. The van der Waals surface area contributed by atoms with Gasteiger partial charge in [0.15, 0.2) is 0 Å². The van der Waals surface area contributed by atoms with E-state index in [1.54, 1.807) is 25.1 Å². The Balaban J connectivity index is 2.73. The summed E-state index contributed by atoms with van der Waals surface area (Å²) in [6.45, 7) is 4.08. The first-order valence-electron chi connectivity index (χ1n) is 5.41. The zero-order valence-corrected chi connectivity index (χ0v) is 10.7. The largest absolute Gasteiger partial charge is 0.465 e. The predicted octanol–water partition coefficient (Wildman–Crippen LogP) is 2.39. The molecule has 1 atom stereocenters. The van der Waals surface area contributed by atoms with Crippen molar-refractivity contribution in [2.75, 3.05) is 6.61 Å². The Bertz CT molecular complexity index is 429. The third-order valence-electron chi connectivity index (χ3n) is 2.02. The monoisotopic (exact) mass is 250 g/mol. The van der Waals surface area contributed by atoms with Crippen LogP contribution in [0.15, 0.2) is 23.2 Å². The molecule has 0 spiro atoms. The molecule has 1 heterocycles. The van der Waals surface area contributed by atoms with E-state index in [0.29, 0.717) is 23.7 Å². The average Bonchev–Trinajstić information content (AvgIpc) is 2.36. The maximum absolute atomic E-state index is 11.6. The van der Waals surface area contributed by atoms with Crippen molar-refractivity contribution >= 4 is 17.7 Å². The molecule has 0 radical (unpaired) electrons. The van der Waals surface area contributed by atoms with Crippen molar-refractivity contribution < 1.29 is 9.53 Å². The molecule has 90 valence electrons. The Morgan fingerprint density at radius 2 is 2.35 bits per heavy atom. The van der Waals surface area contributed by atoms with Crippen molar-refractivity contribution in [1.82, 2.24) is 4.98 Å². The van der Waals surface area contributed by atoms with E-state index in [9.17, 15) is 4.79 Å². The molecule has 17 heavy (non-hydrogen) atoms. The summed E-state index contributed by atoms with van der Waals surface area (Å²) in [5.74, 6) is -0.232. The molecule has 0 fully saturated rings. The van der Waals surface area contributed by atoms with Crippen LogP contribution in [0.2, 0.25) is 0 Å². The van der Waals surface area contributed by atoms with Gasteiger partial charge in [-0.05, 0) is 25.5 Å². The number of esters is 1. The van der Waals surface area contributed by atoms with Gasteiger partial charge in [-0.25, -0.2) is 4.98 Å². The summed E-state index contributed by atoms with van der Waals surface area (Å²) in [4.78, 5) is 15.7. The summed E-state index contributed by atoms with van der Waals surface area (Å²) in [6.07, 6.45) is 0.669. The number of pyridine rings is 1. The number of hydrogen-bond donors (Lipinski definition) is 0. The maximum Gasteiger partial charge on any atom is 0.319 e. The molecule has 0 aromatic carbocycles. The molecule has 5 heteroatoms. The van der Waals surface area contributed by atoms with Gasteiger partial charge >= 0.3 is 5.97 Å². The Kier molecular flexibility index (Phi) is 5.50. The normalized spacial score (nSPS) is 11.6. The minimum absolute atomic E-state index is 0.232. The van der Waals surface area contributed by atoms with Gasteiger partial charge in [0, 0.05) is 0 Å². The summed E-state index contributed by atoms with van der Waals surface area (Å²) in [6, 6.07) is 7.15. The van der Waals surface area contributed by atoms with E-state index in [4.69, 9.17) is 10.00 Å². The highest BCUT2D eigenvalue weighted by atomic mass is 32.2. The fourth-order valence-corrected chi connectivity index (χ4v) is 2.15. The number of rotatable bonds is 5. The van der Waals surface area contributed by atoms with Crippen LogP contribution in [-0.4, -0.2) is 22.8 Å². The van der Waals surface area contributed by atoms with Crippen LogP contribution < -0.4 is 0 Å². The van der Waals surface area contributed by atoms with Crippen molar-refractivity contribution in [3.05, 3.63) is 23.9 Å². The summed E-state index contributed by atoms with van der Waals surface area (Å²) in [5, 5.41) is 9.14. The smallest absolute Gasteiger partial charge is 0.319 e. The van der Waals surface area contributed by atoms with Crippen molar-refractivity contribution in [2.45, 2.75) is 30.5 Å². The second-order valence-electron chi connectivity index (χ2n) is 3.24. The lowest BCUT2D eigenvalue weighted by atomic mass is 10.3. The second-order valence-corrected chi connectivity index (χ2v) is 4.46. The molecule has 0 amide bonds. The molecule has 0 aliphatic carbocycles. The number of carbonyl (C=O) groups is 1. The van der Waals surface area contributed by atoms with E-state index in [-0.39, 0.29) is 11.2 Å². The molecule has 0 saturated heterocycles. The van der Waals surface area contributed by atoms with Gasteiger partial charge in [0.1, 0.15) is 17.0 Å². The Morgan fingerprint density at radius 3 is 2.94 bits per heavy atom. The second kappa shape index (κ2) is 6.92. The zero-order chi connectivity index (χ0) is 12.7. The molecule has 4 nitrogen and oxygen atoms in total. The molecular formula is C12H14N2O2S. The van der Waals surface area contributed by atoms with E-state index in [0.717, 1.165) is 0 Å². The third-order valence-corrected chi connectivity index (χ3v) is 3.30. The number of nitrogens with zero attached hydrogens (tertiary/aromatic N) is 2. The summed E-state index contributed by atoms with van der Waals surface area (Å²) in [7, 11) is 0. The van der Waals surface area contributed by atoms with E-state index in [1.807, 2.05) is 13.0 Å². The fourth-order valence-electron chi connectivity index (χ4n) is 1.22. The average molecular weight is 250 g/mol. The SMILES string of the molecule is CCOC(=O)C(CC)Sc1cccc(C#N)n1. The Labute approximate surface area is 105 Å². The van der Waals surface area contributed by atoms with Gasteiger partial charge in [0.25, 0.3) is 0 Å². The molecule has 1 aromatic heterocycles.